The summed E-state index contributed by atoms with van der Waals surface area (Å²) >= 11 is 8.36. The minimum Gasteiger partial charge on any atom is -0.259 e. The third-order valence-corrected chi connectivity index (χ3v) is 1.02. The summed E-state index contributed by atoms with van der Waals surface area (Å²) < 4.78 is 14.3. The van der Waals surface area contributed by atoms with Gasteiger partial charge in [-0.1, -0.05) is 11.6 Å². The summed E-state index contributed by atoms with van der Waals surface area (Å²) in [6, 6.07) is 0. The molecule has 0 aromatic carbocycles. The normalized spacial score (nSPS) is 12.8. The summed E-state index contributed by atoms with van der Waals surface area (Å²) in [6.07, 6.45) is -0.246. The van der Waals surface area contributed by atoms with E-state index in [9.17, 15) is 0 Å². The van der Waals surface area contributed by atoms with Gasteiger partial charge in [-0.15, -0.1) is 0 Å². The molecule has 0 radical (unpaired) electrons. The molecule has 0 atom stereocenters. The maximum Gasteiger partial charge on any atom is 0.148 e. The summed E-state index contributed by atoms with van der Waals surface area (Å²) in [4.78, 5) is 7.08. The second-order valence-electron chi connectivity index (χ2n) is 1.03. The summed E-state index contributed by atoms with van der Waals surface area (Å²) in [5.41, 5.74) is 0. The first-order valence-electron chi connectivity index (χ1n) is 2.77. The van der Waals surface area contributed by atoms with Crippen LogP contribution >= 0.6 is 27.5 Å². The highest BCUT2D eigenvalue weighted by atomic mass is 79.9. The van der Waals surface area contributed by atoms with Crippen LogP contribution in [0.2, 0.25) is 5.15 Å². The zero-order chi connectivity index (χ0) is 7.72. The van der Waals surface area contributed by atoms with Gasteiger partial charge < -0.3 is 0 Å². The molecule has 0 aliphatic rings. The van der Waals surface area contributed by atoms with Crippen LogP contribution in [0.15, 0.2) is 16.9 Å². The van der Waals surface area contributed by atoms with Gasteiger partial charge in [0, 0.05) is 0 Å². The van der Waals surface area contributed by atoms with Gasteiger partial charge in [0.25, 0.3) is 0 Å². The molecule has 0 spiro atoms. The van der Waals surface area contributed by atoms with Crippen molar-refractivity contribution in [3.8, 4) is 0 Å². The lowest BCUT2D eigenvalue weighted by Gasteiger charge is -1.85. The molecule has 0 amide bonds. The number of rotatable bonds is 0. The molecule has 4 heteroatoms. The van der Waals surface area contributed by atoms with Gasteiger partial charge in [0.2, 0.25) is 0 Å². The van der Waals surface area contributed by atoms with E-state index in [1.165, 1.54) is 0 Å². The average Bonchev–Trinajstić information content (AvgIpc) is 1.84. The van der Waals surface area contributed by atoms with E-state index in [0.29, 0.717) is 0 Å². The Labute approximate surface area is 62.9 Å². The Morgan fingerprint density at radius 2 is 2.50 bits per heavy atom. The van der Waals surface area contributed by atoms with Gasteiger partial charge in [0.15, 0.2) is 0 Å². The second kappa shape index (κ2) is 2.42. The van der Waals surface area contributed by atoms with E-state index >= 15 is 0 Å². The fraction of sp³-hybridized carbons (Fsp3) is 0. The quantitative estimate of drug-likeness (QED) is 0.632. The Bertz CT molecular complexity index is 217. The number of hydrogen-bond donors (Lipinski definition) is 0. The zero-order valence-corrected chi connectivity index (χ0v) is 5.99. The second-order valence-corrected chi connectivity index (χ2v) is 2.14. The average molecular weight is 195 g/mol. The highest BCUT2D eigenvalue weighted by Gasteiger charge is 1.87. The minimum absolute atomic E-state index is 0.00266. The first-order valence-corrected chi connectivity index (χ1v) is 2.94. The van der Waals surface area contributed by atoms with Crippen molar-refractivity contribution >= 4 is 27.5 Å². The van der Waals surface area contributed by atoms with E-state index in [4.69, 9.17) is 14.3 Å². The van der Waals surface area contributed by atoms with Crippen LogP contribution in [0.3, 0.4) is 0 Å². The summed E-state index contributed by atoms with van der Waals surface area (Å²) in [5, 5.41) is 0.00266. The molecule has 8 heavy (non-hydrogen) atoms. The van der Waals surface area contributed by atoms with Gasteiger partial charge in [-0.2, -0.15) is 0 Å². The van der Waals surface area contributed by atoms with Crippen LogP contribution in [-0.4, -0.2) is 9.97 Å². The summed E-state index contributed by atoms with van der Waals surface area (Å²) in [6.45, 7) is 0. The fourth-order valence-electron chi connectivity index (χ4n) is 0.256. The predicted octanol–water partition coefficient (Wildman–Crippen LogP) is 1.89. The molecule has 0 saturated carbocycles. The molecular formula is C4H2BrClN2. The molecule has 0 aliphatic heterocycles. The van der Waals surface area contributed by atoms with Crippen molar-refractivity contribution in [2.75, 3.05) is 0 Å². The van der Waals surface area contributed by atoms with Gasteiger partial charge in [-0.3, -0.25) is 4.98 Å². The van der Waals surface area contributed by atoms with Crippen molar-refractivity contribution < 1.29 is 2.74 Å². The highest BCUT2D eigenvalue weighted by molar-refractivity contribution is 9.10. The highest BCUT2D eigenvalue weighted by Crippen LogP contribution is 2.06. The maximum absolute atomic E-state index is 7.06. The van der Waals surface area contributed by atoms with Crippen molar-refractivity contribution in [3.05, 3.63) is 22.1 Å². The van der Waals surface area contributed by atoms with Crippen molar-refractivity contribution in [2.45, 2.75) is 0 Å². The Hall–Kier alpha value is -0.150. The lowest BCUT2D eigenvalue weighted by atomic mass is 10.8. The monoisotopic (exact) mass is 194 g/mol. The smallest absolute Gasteiger partial charge is 0.148 e. The maximum atomic E-state index is 7.06. The standard InChI is InChI=1S/C4H2BrClN2/c5-3-1-7-2-4(6)8-3/h1-2H/i1D,2D. The molecule has 0 unspecified atom stereocenters. The number of hydrogen-bond acceptors (Lipinski definition) is 2. The van der Waals surface area contributed by atoms with Gasteiger partial charge in [-0.05, 0) is 15.9 Å². The lowest BCUT2D eigenvalue weighted by molar-refractivity contribution is 1.16. The van der Waals surface area contributed by atoms with E-state index < -0.39 is 0 Å². The SMILES string of the molecule is [2H]c1nc([2H])c(Br)nc1Cl. The number of halogens is 2. The largest absolute Gasteiger partial charge is 0.259 e. The lowest BCUT2D eigenvalue weighted by Crippen LogP contribution is -1.76. The molecule has 0 bridgehead atoms. The predicted molar refractivity (Wildman–Crippen MR) is 34.7 cm³/mol. The third-order valence-electron chi connectivity index (χ3n) is 0.493. The van der Waals surface area contributed by atoms with Crippen molar-refractivity contribution in [1.82, 2.24) is 9.97 Å². The summed E-state index contributed by atoms with van der Waals surface area (Å²) in [7, 11) is 0. The molecule has 2 nitrogen and oxygen atoms in total. The van der Waals surface area contributed by atoms with E-state index in [2.05, 4.69) is 25.9 Å². The third kappa shape index (κ3) is 1.42. The molecule has 42 valence electrons. The molecule has 0 saturated heterocycles. The molecule has 0 fully saturated rings. The molecule has 1 rings (SSSR count). The molecule has 0 aliphatic carbocycles. The van der Waals surface area contributed by atoms with Crippen LogP contribution in [0.1, 0.15) is 2.74 Å². The number of aromatic nitrogens is 2. The van der Waals surface area contributed by atoms with Crippen LogP contribution in [0, 0.1) is 0 Å². The van der Waals surface area contributed by atoms with Crippen molar-refractivity contribution in [3.63, 3.8) is 0 Å². The van der Waals surface area contributed by atoms with E-state index in [-0.39, 0.29) is 22.1 Å². The molecule has 1 heterocycles. The van der Waals surface area contributed by atoms with Crippen LogP contribution in [0.5, 0.6) is 0 Å². The first-order chi connectivity index (χ1) is 4.61. The molecular weight excluding hydrogens is 191 g/mol. The van der Waals surface area contributed by atoms with Gasteiger partial charge in [0.1, 0.15) is 9.76 Å². The first kappa shape index (κ1) is 3.80. The van der Waals surface area contributed by atoms with Gasteiger partial charge >= 0.3 is 0 Å². The fourth-order valence-corrected chi connectivity index (χ4v) is 0.751. The molecule has 0 N–H and O–H groups in total. The Morgan fingerprint density at radius 1 is 1.75 bits per heavy atom. The topological polar surface area (TPSA) is 25.8 Å². The summed E-state index contributed by atoms with van der Waals surface area (Å²) in [5.74, 6) is 0. The van der Waals surface area contributed by atoms with Gasteiger partial charge in [0.05, 0.1) is 15.1 Å². The van der Waals surface area contributed by atoms with Crippen LogP contribution < -0.4 is 0 Å². The minimum atomic E-state index is -0.171. The van der Waals surface area contributed by atoms with E-state index in [1.807, 2.05) is 0 Å². The van der Waals surface area contributed by atoms with Crippen LogP contribution in [-0.2, 0) is 0 Å². The van der Waals surface area contributed by atoms with Crippen molar-refractivity contribution in [2.24, 2.45) is 0 Å². The number of nitrogens with zero attached hydrogens (tertiary/aromatic N) is 2. The van der Waals surface area contributed by atoms with Crippen LogP contribution in [0.4, 0.5) is 0 Å². The molecule has 1 aromatic heterocycles. The van der Waals surface area contributed by atoms with Crippen LogP contribution in [0.25, 0.3) is 0 Å². The van der Waals surface area contributed by atoms with E-state index in [1.54, 1.807) is 0 Å². The molecule has 1 aromatic rings. The Kier molecular flexibility index (Phi) is 1.15. The Morgan fingerprint density at radius 3 is 3.12 bits per heavy atom. The Balaban J connectivity index is 3.28. The van der Waals surface area contributed by atoms with Gasteiger partial charge in [-0.25, -0.2) is 4.98 Å². The van der Waals surface area contributed by atoms with Crippen molar-refractivity contribution in [1.29, 1.82) is 0 Å². The zero-order valence-electron chi connectivity index (χ0n) is 5.65. The van der Waals surface area contributed by atoms with E-state index in [0.717, 1.165) is 0 Å².